The van der Waals surface area contributed by atoms with Crippen LogP contribution in [-0.2, 0) is 14.3 Å². The van der Waals surface area contributed by atoms with Gasteiger partial charge in [0.25, 0.3) is 11.8 Å². The third kappa shape index (κ3) is 6.82. The van der Waals surface area contributed by atoms with Crippen molar-refractivity contribution in [3.05, 3.63) is 70.8 Å². The molecule has 160 valence electrons. The van der Waals surface area contributed by atoms with E-state index in [1.54, 1.807) is 47.4 Å². The van der Waals surface area contributed by atoms with Gasteiger partial charge in [0.2, 0.25) is 0 Å². The number of aryl methyl sites for hydroxylation is 1. The van der Waals surface area contributed by atoms with Crippen molar-refractivity contribution >= 4 is 29.5 Å². The Morgan fingerprint density at radius 3 is 2.39 bits per heavy atom. The largest absolute Gasteiger partial charge is 0.451 e. The molecule has 1 N–H and O–H groups in total. The molecule has 0 heterocycles. The van der Waals surface area contributed by atoms with Crippen LogP contribution < -0.4 is 5.32 Å². The lowest BCUT2D eigenvalue weighted by molar-refractivity contribution is -0.142. The van der Waals surface area contributed by atoms with E-state index in [9.17, 15) is 19.6 Å². The molecular formula is C24H25N3O4. The molecule has 0 saturated heterocycles. The van der Waals surface area contributed by atoms with Gasteiger partial charge in [0, 0.05) is 24.3 Å². The molecule has 7 nitrogen and oxygen atoms in total. The molecule has 31 heavy (non-hydrogen) atoms. The van der Waals surface area contributed by atoms with Crippen LogP contribution in [0.5, 0.6) is 0 Å². The Kier molecular flexibility index (Phi) is 8.52. The maximum Gasteiger partial charge on any atom is 0.349 e. The van der Waals surface area contributed by atoms with Gasteiger partial charge in [-0.05, 0) is 50.6 Å². The number of esters is 1. The summed E-state index contributed by atoms with van der Waals surface area (Å²) < 4.78 is 4.96. The summed E-state index contributed by atoms with van der Waals surface area (Å²) in [4.78, 5) is 38.4. The van der Waals surface area contributed by atoms with E-state index in [1.807, 2.05) is 32.9 Å². The first-order valence-electron chi connectivity index (χ1n) is 9.92. The molecule has 2 amide bonds. The topological polar surface area (TPSA) is 99.5 Å². The molecule has 0 saturated carbocycles. The van der Waals surface area contributed by atoms with Crippen LogP contribution in [0.4, 0.5) is 5.69 Å². The highest BCUT2D eigenvalue weighted by molar-refractivity contribution is 6.00. The van der Waals surface area contributed by atoms with Crippen molar-refractivity contribution in [2.45, 2.75) is 20.8 Å². The van der Waals surface area contributed by atoms with Gasteiger partial charge in [-0.2, -0.15) is 5.26 Å². The predicted octanol–water partition coefficient (Wildman–Crippen LogP) is 3.57. The van der Waals surface area contributed by atoms with E-state index in [2.05, 4.69) is 5.32 Å². The Morgan fingerprint density at radius 1 is 1.10 bits per heavy atom. The number of carbonyl (C=O) groups is 3. The van der Waals surface area contributed by atoms with Crippen LogP contribution in [0.25, 0.3) is 6.08 Å². The Balaban J connectivity index is 1.97. The van der Waals surface area contributed by atoms with Crippen LogP contribution in [0.1, 0.15) is 35.3 Å². The van der Waals surface area contributed by atoms with Gasteiger partial charge < -0.3 is 15.0 Å². The minimum Gasteiger partial charge on any atom is -0.451 e. The summed E-state index contributed by atoms with van der Waals surface area (Å²) in [7, 11) is 0. The molecule has 0 spiro atoms. The number of nitrogens with one attached hydrogen (secondary N) is 1. The molecular weight excluding hydrogens is 394 g/mol. The second-order valence-corrected chi connectivity index (χ2v) is 6.76. The molecule has 0 radical (unpaired) electrons. The smallest absolute Gasteiger partial charge is 0.349 e. The van der Waals surface area contributed by atoms with Crippen LogP contribution >= 0.6 is 0 Å². The van der Waals surface area contributed by atoms with E-state index in [-0.39, 0.29) is 11.5 Å². The lowest BCUT2D eigenvalue weighted by Gasteiger charge is -2.19. The lowest BCUT2D eigenvalue weighted by Crippen LogP contribution is -2.30. The number of hydrogen-bond acceptors (Lipinski definition) is 5. The number of hydrogen-bond donors (Lipinski definition) is 1. The van der Waals surface area contributed by atoms with Gasteiger partial charge in [0.15, 0.2) is 6.61 Å². The highest BCUT2D eigenvalue weighted by Crippen LogP contribution is 2.13. The van der Waals surface area contributed by atoms with Gasteiger partial charge in [-0.1, -0.05) is 35.9 Å². The van der Waals surface area contributed by atoms with Gasteiger partial charge in [-0.25, -0.2) is 4.79 Å². The molecule has 0 aliphatic carbocycles. The van der Waals surface area contributed by atoms with Crippen LogP contribution in [0.3, 0.4) is 0 Å². The summed E-state index contributed by atoms with van der Waals surface area (Å²) in [6.45, 7) is 6.33. The van der Waals surface area contributed by atoms with E-state index in [0.29, 0.717) is 29.9 Å². The SMILES string of the molecule is CCN(CC)C(=O)c1cccc(NC(=O)COC(=O)/C(C#N)=C/c2ccc(C)cc2)c1. The first kappa shape index (κ1) is 23.4. The van der Waals surface area contributed by atoms with Crippen molar-refractivity contribution in [1.29, 1.82) is 5.26 Å². The van der Waals surface area contributed by atoms with E-state index in [1.165, 1.54) is 6.08 Å². The summed E-state index contributed by atoms with van der Waals surface area (Å²) in [5.74, 6) is -1.59. The predicted molar refractivity (Wildman–Crippen MR) is 118 cm³/mol. The second-order valence-electron chi connectivity index (χ2n) is 6.76. The van der Waals surface area contributed by atoms with Gasteiger partial charge in [-0.3, -0.25) is 9.59 Å². The van der Waals surface area contributed by atoms with Crippen LogP contribution in [0.2, 0.25) is 0 Å². The maximum atomic E-state index is 12.4. The second kappa shape index (κ2) is 11.3. The summed E-state index contributed by atoms with van der Waals surface area (Å²) in [6.07, 6.45) is 1.40. The van der Waals surface area contributed by atoms with Crippen molar-refractivity contribution in [1.82, 2.24) is 4.90 Å². The molecule has 2 aromatic carbocycles. The molecule has 0 aliphatic heterocycles. The van der Waals surface area contributed by atoms with Gasteiger partial charge in [0.1, 0.15) is 11.6 Å². The number of anilines is 1. The van der Waals surface area contributed by atoms with E-state index in [4.69, 9.17) is 4.74 Å². The van der Waals surface area contributed by atoms with Crippen LogP contribution in [0, 0.1) is 18.3 Å². The normalized spacial score (nSPS) is 10.7. The number of carbonyl (C=O) groups excluding carboxylic acids is 3. The minimum atomic E-state index is -0.885. The van der Waals surface area contributed by atoms with Crippen LogP contribution in [0.15, 0.2) is 54.1 Å². The highest BCUT2D eigenvalue weighted by atomic mass is 16.5. The standard InChI is InChI=1S/C24H25N3O4/c1-4-27(5-2)23(29)19-7-6-8-21(14-19)26-22(28)16-31-24(30)20(15-25)13-18-11-9-17(3)10-12-18/h6-14H,4-5,16H2,1-3H3,(H,26,28)/b20-13+. The molecule has 0 aliphatic rings. The minimum absolute atomic E-state index is 0.132. The summed E-state index contributed by atoms with van der Waals surface area (Å²) in [5.41, 5.74) is 2.39. The van der Waals surface area contributed by atoms with Gasteiger partial charge >= 0.3 is 5.97 Å². The number of rotatable bonds is 8. The Bertz CT molecular complexity index is 1020. The Morgan fingerprint density at radius 2 is 1.77 bits per heavy atom. The fourth-order valence-electron chi connectivity index (χ4n) is 2.80. The van der Waals surface area contributed by atoms with Gasteiger partial charge in [-0.15, -0.1) is 0 Å². The fourth-order valence-corrected chi connectivity index (χ4v) is 2.80. The number of amides is 2. The monoisotopic (exact) mass is 419 g/mol. The number of ether oxygens (including phenoxy) is 1. The zero-order valence-corrected chi connectivity index (χ0v) is 17.8. The van der Waals surface area contributed by atoms with Crippen molar-refractivity contribution < 1.29 is 19.1 Å². The third-order valence-corrected chi connectivity index (χ3v) is 4.51. The van der Waals surface area contributed by atoms with Crippen molar-refractivity contribution in [3.8, 4) is 6.07 Å². The average Bonchev–Trinajstić information content (AvgIpc) is 2.78. The average molecular weight is 419 g/mol. The summed E-state index contributed by atoms with van der Waals surface area (Å²) in [6, 6.07) is 15.6. The maximum absolute atomic E-state index is 12.4. The first-order valence-corrected chi connectivity index (χ1v) is 9.92. The molecule has 0 unspecified atom stereocenters. The zero-order chi connectivity index (χ0) is 22.8. The molecule has 2 aromatic rings. The van der Waals surface area contributed by atoms with E-state index in [0.717, 1.165) is 5.56 Å². The van der Waals surface area contributed by atoms with Crippen molar-refractivity contribution in [3.63, 3.8) is 0 Å². The zero-order valence-electron chi connectivity index (χ0n) is 17.8. The quantitative estimate of drug-likeness (QED) is 0.401. The summed E-state index contributed by atoms with van der Waals surface area (Å²) >= 11 is 0. The lowest BCUT2D eigenvalue weighted by atomic mass is 10.1. The van der Waals surface area contributed by atoms with E-state index < -0.39 is 18.5 Å². The third-order valence-electron chi connectivity index (χ3n) is 4.51. The number of nitriles is 1. The van der Waals surface area contributed by atoms with Crippen molar-refractivity contribution in [2.24, 2.45) is 0 Å². The Labute approximate surface area is 181 Å². The first-order chi connectivity index (χ1) is 14.9. The molecule has 0 atom stereocenters. The Hall–Kier alpha value is -3.92. The molecule has 7 heteroatoms. The number of benzene rings is 2. The fraction of sp³-hybridized carbons (Fsp3) is 0.250. The molecule has 0 fully saturated rings. The van der Waals surface area contributed by atoms with Crippen molar-refractivity contribution in [2.75, 3.05) is 25.0 Å². The van der Waals surface area contributed by atoms with Gasteiger partial charge in [0.05, 0.1) is 0 Å². The molecule has 0 bridgehead atoms. The van der Waals surface area contributed by atoms with E-state index >= 15 is 0 Å². The van der Waals surface area contributed by atoms with Crippen LogP contribution in [-0.4, -0.2) is 42.4 Å². The number of nitrogens with zero attached hydrogens (tertiary/aromatic N) is 2. The molecule has 0 aromatic heterocycles. The highest BCUT2D eigenvalue weighted by Gasteiger charge is 2.15. The summed E-state index contributed by atoms with van der Waals surface area (Å²) in [5, 5.41) is 11.8. The molecule has 2 rings (SSSR count).